The van der Waals surface area contributed by atoms with Crippen molar-refractivity contribution in [1.29, 1.82) is 0 Å². The average Bonchev–Trinajstić information content (AvgIpc) is 3.27. The summed E-state index contributed by atoms with van der Waals surface area (Å²) in [6.45, 7) is 4.80. The van der Waals surface area contributed by atoms with Crippen LogP contribution in [0.5, 0.6) is 0 Å². The highest BCUT2D eigenvalue weighted by atomic mass is 16.5. The molecule has 0 aliphatic rings. The number of hydrogen-bond donors (Lipinski definition) is 3. The molecule has 62 heavy (non-hydrogen) atoms. The van der Waals surface area contributed by atoms with E-state index in [2.05, 4.69) is 67.8 Å². The number of aliphatic hydroxyl groups excluding tert-OH is 2. The van der Waals surface area contributed by atoms with Gasteiger partial charge in [-0.2, -0.15) is 0 Å². The predicted molar refractivity (Wildman–Crippen MR) is 268 cm³/mol. The van der Waals surface area contributed by atoms with E-state index in [9.17, 15) is 19.8 Å². The Balaban J connectivity index is 3.51. The van der Waals surface area contributed by atoms with Crippen molar-refractivity contribution < 1.29 is 24.5 Å². The number of carbonyl (C=O) groups excluding carboxylic acids is 2. The van der Waals surface area contributed by atoms with Gasteiger partial charge in [0.1, 0.15) is 0 Å². The Morgan fingerprint density at radius 1 is 0.468 bits per heavy atom. The van der Waals surface area contributed by atoms with Crippen LogP contribution in [0.3, 0.4) is 0 Å². The molecule has 0 aliphatic heterocycles. The lowest BCUT2D eigenvalue weighted by Gasteiger charge is -2.20. The van der Waals surface area contributed by atoms with Gasteiger partial charge < -0.3 is 20.3 Å². The molecular formula is C56H101NO5. The van der Waals surface area contributed by atoms with E-state index in [0.29, 0.717) is 19.4 Å². The number of nitrogens with one attached hydrogen (secondary N) is 1. The molecule has 3 N–H and O–H groups in total. The van der Waals surface area contributed by atoms with Gasteiger partial charge in [-0.1, -0.05) is 209 Å². The van der Waals surface area contributed by atoms with Crippen LogP contribution in [-0.4, -0.2) is 47.4 Å². The van der Waals surface area contributed by atoms with E-state index in [-0.39, 0.29) is 18.5 Å². The molecule has 0 fully saturated rings. The molecule has 0 rings (SSSR count). The van der Waals surface area contributed by atoms with Crippen LogP contribution < -0.4 is 5.32 Å². The summed E-state index contributed by atoms with van der Waals surface area (Å²) < 4.78 is 5.44. The second-order valence-corrected chi connectivity index (χ2v) is 17.9. The molecule has 0 saturated carbocycles. The lowest BCUT2D eigenvalue weighted by atomic mass is 10.0. The maximum Gasteiger partial charge on any atom is 0.305 e. The van der Waals surface area contributed by atoms with Crippen LogP contribution in [0.4, 0.5) is 0 Å². The number of hydrogen-bond acceptors (Lipinski definition) is 5. The second kappa shape index (κ2) is 51.2. The third-order valence-electron chi connectivity index (χ3n) is 11.8. The molecule has 1 amide bonds. The first-order valence-electron chi connectivity index (χ1n) is 26.6. The van der Waals surface area contributed by atoms with E-state index >= 15 is 0 Å². The van der Waals surface area contributed by atoms with Crippen molar-refractivity contribution in [3.63, 3.8) is 0 Å². The Hall–Kier alpha value is -2.44. The molecule has 0 bridgehead atoms. The second-order valence-electron chi connectivity index (χ2n) is 17.9. The number of rotatable bonds is 48. The van der Waals surface area contributed by atoms with Gasteiger partial charge >= 0.3 is 5.97 Å². The molecule has 0 heterocycles. The number of unbranched alkanes of at least 4 members (excludes halogenated alkanes) is 30. The van der Waals surface area contributed by atoms with Crippen LogP contribution >= 0.6 is 0 Å². The van der Waals surface area contributed by atoms with Crippen LogP contribution in [0, 0.1) is 0 Å². The summed E-state index contributed by atoms with van der Waals surface area (Å²) in [5.41, 5.74) is 0. The lowest BCUT2D eigenvalue weighted by Crippen LogP contribution is -2.45. The molecule has 0 radical (unpaired) electrons. The van der Waals surface area contributed by atoms with Gasteiger partial charge in [-0.05, 0) is 96.3 Å². The molecule has 0 aromatic carbocycles. The first-order chi connectivity index (χ1) is 30.5. The standard InChI is InChI=1S/C56H101NO5/c1-3-5-7-9-11-13-15-16-17-24-27-30-34-38-42-46-50-56(61)62-51-47-43-39-35-31-28-25-22-20-18-19-21-23-26-29-33-37-41-45-49-55(60)57-53(52-58)54(59)48-44-40-36-32-14-12-10-8-6-4-2/h13,15,17,22,24-25,28,31,44,48,53-54,58-59H,3-12,14,16,18-21,23,26-27,29-30,32-43,45-47,49-52H2,1-2H3,(H,57,60)/b15-13-,24-17-,25-22-,31-28-,48-44+. The zero-order valence-electron chi connectivity index (χ0n) is 40.8. The Kier molecular flexibility index (Phi) is 49.2. The molecule has 360 valence electrons. The summed E-state index contributed by atoms with van der Waals surface area (Å²) in [7, 11) is 0. The Bertz CT molecular complexity index is 1090. The van der Waals surface area contributed by atoms with Crippen LogP contribution in [0.25, 0.3) is 0 Å². The van der Waals surface area contributed by atoms with Crippen molar-refractivity contribution in [3.8, 4) is 0 Å². The van der Waals surface area contributed by atoms with Gasteiger partial charge in [-0.25, -0.2) is 0 Å². The molecule has 2 unspecified atom stereocenters. The van der Waals surface area contributed by atoms with E-state index in [1.54, 1.807) is 6.08 Å². The number of aliphatic hydroxyl groups is 2. The molecule has 0 aromatic heterocycles. The smallest absolute Gasteiger partial charge is 0.305 e. The minimum Gasteiger partial charge on any atom is -0.466 e. The molecule has 0 aromatic rings. The van der Waals surface area contributed by atoms with Crippen molar-refractivity contribution in [2.75, 3.05) is 13.2 Å². The minimum absolute atomic E-state index is 0.0289. The minimum atomic E-state index is -0.851. The van der Waals surface area contributed by atoms with Crippen molar-refractivity contribution in [2.24, 2.45) is 0 Å². The van der Waals surface area contributed by atoms with Gasteiger partial charge in [0.25, 0.3) is 0 Å². The van der Waals surface area contributed by atoms with E-state index < -0.39 is 12.1 Å². The summed E-state index contributed by atoms with van der Waals surface area (Å²) >= 11 is 0. The maximum absolute atomic E-state index is 12.4. The van der Waals surface area contributed by atoms with Gasteiger partial charge in [0.2, 0.25) is 5.91 Å². The molecule has 6 nitrogen and oxygen atoms in total. The summed E-state index contributed by atoms with van der Waals surface area (Å²) in [5, 5.41) is 22.9. The highest BCUT2D eigenvalue weighted by Crippen LogP contribution is 2.14. The van der Waals surface area contributed by atoms with Crippen LogP contribution in [0.2, 0.25) is 0 Å². The summed E-state index contributed by atoms with van der Waals surface area (Å²) in [4.78, 5) is 24.4. The topological polar surface area (TPSA) is 95.9 Å². The van der Waals surface area contributed by atoms with E-state index in [4.69, 9.17) is 4.74 Å². The Morgan fingerprint density at radius 2 is 0.855 bits per heavy atom. The molecule has 0 saturated heterocycles. The van der Waals surface area contributed by atoms with Crippen LogP contribution in [0.1, 0.15) is 258 Å². The monoisotopic (exact) mass is 868 g/mol. The first-order valence-corrected chi connectivity index (χ1v) is 26.6. The van der Waals surface area contributed by atoms with Gasteiger partial charge in [0.15, 0.2) is 0 Å². The van der Waals surface area contributed by atoms with E-state index in [0.717, 1.165) is 89.9 Å². The van der Waals surface area contributed by atoms with Crippen molar-refractivity contribution in [1.82, 2.24) is 5.32 Å². The predicted octanol–water partition coefficient (Wildman–Crippen LogP) is 16.0. The van der Waals surface area contributed by atoms with Gasteiger partial charge in [-0.3, -0.25) is 9.59 Å². The van der Waals surface area contributed by atoms with E-state index in [1.165, 1.54) is 141 Å². The summed E-state index contributed by atoms with van der Waals surface area (Å²) in [6.07, 6.45) is 65.2. The molecule has 2 atom stereocenters. The van der Waals surface area contributed by atoms with Gasteiger partial charge in [0, 0.05) is 12.8 Å². The third-order valence-corrected chi connectivity index (χ3v) is 11.8. The SMILES string of the molecule is CCCCCC/C=C\C/C=C\CCCCCCCC(=O)OCCCCC/C=C\C=C/CCCCCCCCCCCCC(=O)NC(CO)C(O)/C=C/CCCCCCCCCC. The maximum atomic E-state index is 12.4. The van der Waals surface area contributed by atoms with Gasteiger partial charge in [-0.15, -0.1) is 0 Å². The average molecular weight is 868 g/mol. The number of ether oxygens (including phenoxy) is 1. The fraction of sp³-hybridized carbons (Fsp3) is 0.786. The summed E-state index contributed by atoms with van der Waals surface area (Å²) in [6, 6.07) is -0.635. The number of amides is 1. The normalized spacial score (nSPS) is 13.2. The molecular weight excluding hydrogens is 767 g/mol. The van der Waals surface area contributed by atoms with E-state index in [1.807, 2.05) is 6.08 Å². The Morgan fingerprint density at radius 3 is 1.34 bits per heavy atom. The molecule has 6 heteroatoms. The Labute approximate surface area is 384 Å². The quantitative estimate of drug-likeness (QED) is 0.0245. The fourth-order valence-corrected chi connectivity index (χ4v) is 7.65. The fourth-order valence-electron chi connectivity index (χ4n) is 7.65. The highest BCUT2D eigenvalue weighted by molar-refractivity contribution is 5.76. The molecule has 0 aliphatic carbocycles. The number of esters is 1. The highest BCUT2D eigenvalue weighted by Gasteiger charge is 2.18. The zero-order valence-corrected chi connectivity index (χ0v) is 40.8. The number of carbonyl (C=O) groups is 2. The molecule has 0 spiro atoms. The van der Waals surface area contributed by atoms with Crippen LogP contribution in [-0.2, 0) is 14.3 Å². The van der Waals surface area contributed by atoms with Crippen molar-refractivity contribution >= 4 is 11.9 Å². The largest absolute Gasteiger partial charge is 0.466 e. The van der Waals surface area contributed by atoms with Crippen LogP contribution in [0.15, 0.2) is 60.8 Å². The summed E-state index contributed by atoms with van der Waals surface area (Å²) in [5.74, 6) is -0.111. The third kappa shape index (κ3) is 47.0. The lowest BCUT2D eigenvalue weighted by molar-refractivity contribution is -0.143. The first kappa shape index (κ1) is 59.6. The van der Waals surface area contributed by atoms with Crippen molar-refractivity contribution in [2.45, 2.75) is 270 Å². The van der Waals surface area contributed by atoms with Gasteiger partial charge in [0.05, 0.1) is 25.4 Å². The van der Waals surface area contributed by atoms with Crippen molar-refractivity contribution in [3.05, 3.63) is 60.8 Å². The number of allylic oxidation sites excluding steroid dienone is 9. The zero-order chi connectivity index (χ0) is 45.1.